The first-order chi connectivity index (χ1) is 2.80. The Morgan fingerprint density at radius 1 is 1.83 bits per heavy atom. The molecule has 2 nitrogen and oxygen atoms in total. The van der Waals surface area contributed by atoms with Crippen LogP contribution in [0.4, 0.5) is 0 Å². The highest BCUT2D eigenvalue weighted by Crippen LogP contribution is 1.98. The Morgan fingerprint density at radius 2 is 2.33 bits per heavy atom. The summed E-state index contributed by atoms with van der Waals surface area (Å²) in [5.41, 5.74) is 0. The van der Waals surface area contributed by atoms with Crippen LogP contribution in [-0.4, -0.2) is 17.5 Å². The molecule has 0 radical (unpaired) electrons. The van der Waals surface area contributed by atoms with Gasteiger partial charge in [-0.25, -0.2) is 0 Å². The fraction of sp³-hybridized carbons (Fsp3) is 0.333. The summed E-state index contributed by atoms with van der Waals surface area (Å²) in [4.78, 5) is 13.5. The number of nitrogens with zero attached hydrogens (tertiary/aromatic N) is 1. The number of aliphatic imine (C=N–C) groups is 1. The van der Waals surface area contributed by atoms with Crippen LogP contribution in [0.1, 0.15) is 0 Å². The number of Topliss-reactive ketones (excluding diaryl/α,β-unsaturated/α-hetero) is 1. The smallest absolute Gasteiger partial charge is 0.213 e. The summed E-state index contributed by atoms with van der Waals surface area (Å²) in [5, 5.41) is 0.148. The standard InChI is InChI=1S/C3H2ClNO/c4-3-2(6)1-5-3/h1H2. The van der Waals surface area contributed by atoms with Gasteiger partial charge in [0.15, 0.2) is 5.17 Å². The van der Waals surface area contributed by atoms with Crippen LogP contribution in [0.2, 0.25) is 0 Å². The fourth-order valence-corrected chi connectivity index (χ4v) is 0.323. The number of carbonyl (C=O) groups excluding carboxylic acids is 1. The van der Waals surface area contributed by atoms with Crippen molar-refractivity contribution in [1.29, 1.82) is 0 Å². The Labute approximate surface area is 39.8 Å². The number of rotatable bonds is 0. The molecule has 3 heteroatoms. The molecule has 0 N–H and O–H groups in total. The Balaban J connectivity index is 2.75. The zero-order valence-electron chi connectivity index (χ0n) is 2.94. The average molecular weight is 104 g/mol. The number of hydrogen-bond acceptors (Lipinski definition) is 2. The largest absolute Gasteiger partial charge is 0.289 e. The highest BCUT2D eigenvalue weighted by Gasteiger charge is 2.15. The molecular weight excluding hydrogens is 101 g/mol. The van der Waals surface area contributed by atoms with E-state index in [1.807, 2.05) is 0 Å². The van der Waals surface area contributed by atoms with Crippen LogP contribution in [0, 0.1) is 0 Å². The molecule has 1 heterocycles. The molecule has 0 aromatic heterocycles. The summed E-state index contributed by atoms with van der Waals surface area (Å²) >= 11 is 5.10. The van der Waals surface area contributed by atoms with Gasteiger partial charge in [-0.05, 0) is 0 Å². The molecule has 0 aliphatic carbocycles. The lowest BCUT2D eigenvalue weighted by Gasteiger charge is -2.00. The molecule has 6 heavy (non-hydrogen) atoms. The molecule has 0 aromatic carbocycles. The molecule has 0 atom stereocenters. The Hall–Kier alpha value is -0.370. The van der Waals surface area contributed by atoms with E-state index in [2.05, 4.69) is 4.99 Å². The summed E-state index contributed by atoms with van der Waals surface area (Å²) < 4.78 is 0. The van der Waals surface area contributed by atoms with E-state index in [1.165, 1.54) is 0 Å². The molecule has 1 aliphatic rings. The van der Waals surface area contributed by atoms with Gasteiger partial charge in [0, 0.05) is 0 Å². The van der Waals surface area contributed by atoms with E-state index < -0.39 is 0 Å². The molecule has 0 fully saturated rings. The Morgan fingerprint density at radius 3 is 2.33 bits per heavy atom. The van der Waals surface area contributed by atoms with Gasteiger partial charge in [-0.15, -0.1) is 0 Å². The lowest BCUT2D eigenvalue weighted by atomic mass is 10.3. The highest BCUT2D eigenvalue weighted by atomic mass is 35.5. The van der Waals surface area contributed by atoms with Crippen LogP contribution in [0.5, 0.6) is 0 Å². The van der Waals surface area contributed by atoms with Crippen molar-refractivity contribution in [2.75, 3.05) is 6.54 Å². The molecule has 1 rings (SSSR count). The lowest BCUT2D eigenvalue weighted by molar-refractivity contribution is -0.112. The summed E-state index contributed by atoms with van der Waals surface area (Å²) in [7, 11) is 0. The number of ketones is 1. The summed E-state index contributed by atoms with van der Waals surface area (Å²) in [6.45, 7) is 0.291. The van der Waals surface area contributed by atoms with Crippen LogP contribution >= 0.6 is 11.6 Å². The Kier molecular flexibility index (Phi) is 0.665. The minimum Gasteiger partial charge on any atom is -0.289 e. The van der Waals surface area contributed by atoms with Crippen molar-refractivity contribution in [2.24, 2.45) is 4.99 Å². The van der Waals surface area contributed by atoms with Crippen molar-refractivity contribution >= 4 is 22.6 Å². The van der Waals surface area contributed by atoms with Gasteiger partial charge in [0.2, 0.25) is 5.78 Å². The molecule has 0 bridgehead atoms. The zero-order valence-corrected chi connectivity index (χ0v) is 3.70. The molecule has 0 spiro atoms. The van der Waals surface area contributed by atoms with Gasteiger partial charge in [-0.3, -0.25) is 9.79 Å². The molecular formula is C3H2ClNO. The topological polar surface area (TPSA) is 29.4 Å². The van der Waals surface area contributed by atoms with E-state index in [4.69, 9.17) is 11.6 Å². The quantitative estimate of drug-likeness (QED) is 0.431. The van der Waals surface area contributed by atoms with Crippen LogP contribution in [0.25, 0.3) is 0 Å². The van der Waals surface area contributed by atoms with Crippen molar-refractivity contribution in [1.82, 2.24) is 0 Å². The molecule has 0 amide bonds. The number of carbonyl (C=O) groups is 1. The first-order valence-electron chi connectivity index (χ1n) is 1.54. The maximum absolute atomic E-state index is 9.97. The van der Waals surface area contributed by atoms with E-state index in [0.29, 0.717) is 6.54 Å². The second-order valence-electron chi connectivity index (χ2n) is 1.03. The lowest BCUT2D eigenvalue weighted by Crippen LogP contribution is -2.21. The minimum absolute atomic E-state index is 0.0448. The van der Waals surface area contributed by atoms with Gasteiger partial charge in [-0.1, -0.05) is 11.6 Å². The monoisotopic (exact) mass is 103 g/mol. The Bertz CT molecular complexity index is 118. The maximum Gasteiger partial charge on any atom is 0.213 e. The van der Waals surface area contributed by atoms with E-state index in [9.17, 15) is 4.79 Å². The van der Waals surface area contributed by atoms with Gasteiger partial charge in [0.05, 0.1) is 0 Å². The van der Waals surface area contributed by atoms with Crippen LogP contribution in [-0.2, 0) is 4.79 Å². The number of halogens is 1. The van der Waals surface area contributed by atoms with E-state index in [0.717, 1.165) is 0 Å². The predicted molar refractivity (Wildman–Crippen MR) is 23.2 cm³/mol. The highest BCUT2D eigenvalue weighted by molar-refractivity contribution is 6.85. The van der Waals surface area contributed by atoms with Crippen molar-refractivity contribution in [3.8, 4) is 0 Å². The van der Waals surface area contributed by atoms with Gasteiger partial charge >= 0.3 is 0 Å². The molecule has 0 saturated carbocycles. The van der Waals surface area contributed by atoms with Gasteiger partial charge in [0.1, 0.15) is 6.54 Å². The van der Waals surface area contributed by atoms with Crippen LogP contribution < -0.4 is 0 Å². The molecule has 0 saturated heterocycles. The maximum atomic E-state index is 9.97. The molecule has 0 aromatic rings. The summed E-state index contributed by atoms with van der Waals surface area (Å²) in [6, 6.07) is 0. The SMILES string of the molecule is O=C1CN=C1Cl. The average Bonchev–Trinajstić information content (AvgIpc) is 1.61. The minimum atomic E-state index is -0.0448. The second-order valence-corrected chi connectivity index (χ2v) is 1.39. The van der Waals surface area contributed by atoms with Crippen molar-refractivity contribution < 1.29 is 4.79 Å². The summed E-state index contributed by atoms with van der Waals surface area (Å²) in [5.74, 6) is -0.0448. The van der Waals surface area contributed by atoms with E-state index in [1.54, 1.807) is 0 Å². The van der Waals surface area contributed by atoms with E-state index >= 15 is 0 Å². The van der Waals surface area contributed by atoms with Crippen molar-refractivity contribution in [3.05, 3.63) is 0 Å². The van der Waals surface area contributed by atoms with Gasteiger partial charge < -0.3 is 0 Å². The second kappa shape index (κ2) is 1.05. The van der Waals surface area contributed by atoms with Crippen LogP contribution in [0.15, 0.2) is 4.99 Å². The van der Waals surface area contributed by atoms with Crippen molar-refractivity contribution in [2.45, 2.75) is 0 Å². The third-order valence-electron chi connectivity index (χ3n) is 0.592. The normalized spacial score (nSPS) is 19.5. The van der Waals surface area contributed by atoms with E-state index in [-0.39, 0.29) is 11.0 Å². The molecule has 0 unspecified atom stereocenters. The zero-order chi connectivity index (χ0) is 4.57. The summed E-state index contributed by atoms with van der Waals surface area (Å²) in [6.07, 6.45) is 0. The fourth-order valence-electron chi connectivity index (χ4n) is 0.203. The van der Waals surface area contributed by atoms with Gasteiger partial charge in [-0.2, -0.15) is 0 Å². The van der Waals surface area contributed by atoms with Gasteiger partial charge in [0.25, 0.3) is 0 Å². The van der Waals surface area contributed by atoms with Crippen LogP contribution in [0.3, 0.4) is 0 Å². The molecule has 32 valence electrons. The third-order valence-corrected chi connectivity index (χ3v) is 0.922. The molecule has 1 aliphatic heterocycles. The first kappa shape index (κ1) is 3.81. The number of hydrogen-bond donors (Lipinski definition) is 0. The predicted octanol–water partition coefficient (Wildman–Crippen LogP) is 0.206. The first-order valence-corrected chi connectivity index (χ1v) is 1.91. The van der Waals surface area contributed by atoms with Crippen molar-refractivity contribution in [3.63, 3.8) is 0 Å². The third kappa shape index (κ3) is 0.337.